The predicted molar refractivity (Wildman–Crippen MR) is 116 cm³/mol. The zero-order valence-electron chi connectivity index (χ0n) is 17.0. The maximum atomic E-state index is 12.1. The van der Waals surface area contributed by atoms with Crippen LogP contribution in [0.3, 0.4) is 0 Å². The summed E-state index contributed by atoms with van der Waals surface area (Å²) in [4.78, 5) is 16.9. The lowest BCUT2D eigenvalue weighted by Crippen LogP contribution is -2.46. The number of benzene rings is 2. The van der Waals surface area contributed by atoms with Crippen molar-refractivity contribution in [2.45, 2.75) is 19.8 Å². The maximum Gasteiger partial charge on any atom is 0.347 e. The second kappa shape index (κ2) is 8.43. The van der Waals surface area contributed by atoms with E-state index in [2.05, 4.69) is 51.2 Å². The van der Waals surface area contributed by atoms with Gasteiger partial charge in [0.2, 0.25) is 0 Å². The van der Waals surface area contributed by atoms with Crippen LogP contribution in [0.4, 0.5) is 11.4 Å². The summed E-state index contributed by atoms with van der Waals surface area (Å²) >= 11 is 0. The lowest BCUT2D eigenvalue weighted by Gasteiger charge is -2.37. The van der Waals surface area contributed by atoms with Gasteiger partial charge in [0, 0.05) is 44.0 Å². The molecule has 1 saturated heterocycles. The number of ether oxygens (including phenoxy) is 1. The maximum absolute atomic E-state index is 12.1. The first-order valence-corrected chi connectivity index (χ1v) is 10.1. The van der Waals surface area contributed by atoms with E-state index < -0.39 is 0 Å². The highest BCUT2D eigenvalue weighted by molar-refractivity contribution is 5.54. The van der Waals surface area contributed by atoms with Crippen LogP contribution in [0.15, 0.2) is 53.3 Å². The first-order chi connectivity index (χ1) is 14.2. The van der Waals surface area contributed by atoms with Gasteiger partial charge >= 0.3 is 5.69 Å². The van der Waals surface area contributed by atoms with Gasteiger partial charge in [0.1, 0.15) is 11.6 Å². The minimum atomic E-state index is -0.186. The van der Waals surface area contributed by atoms with Crippen LogP contribution in [0.1, 0.15) is 19.2 Å². The summed E-state index contributed by atoms with van der Waals surface area (Å²) in [7, 11) is 1.69. The number of hydrogen-bond acceptors (Lipinski definition) is 5. The van der Waals surface area contributed by atoms with Gasteiger partial charge in [0.25, 0.3) is 0 Å². The molecule has 0 bridgehead atoms. The standard InChI is InChI=1S/C22H27N5O2/c1-3-4-21-23-24-22(28)27(21)19-7-5-17(6-8-19)25-13-15-26(16-14-25)18-9-11-20(29-2)12-10-18/h5-12H,3-4,13-16H2,1-2H3,(H,24,28). The predicted octanol–water partition coefficient (Wildman–Crippen LogP) is 2.85. The van der Waals surface area contributed by atoms with Gasteiger partial charge < -0.3 is 14.5 Å². The first kappa shape index (κ1) is 19.1. The molecule has 0 amide bonds. The molecule has 7 heteroatoms. The van der Waals surface area contributed by atoms with Crippen molar-refractivity contribution in [1.29, 1.82) is 0 Å². The average Bonchev–Trinajstić information content (AvgIpc) is 3.14. The van der Waals surface area contributed by atoms with E-state index in [0.717, 1.165) is 56.3 Å². The smallest absolute Gasteiger partial charge is 0.347 e. The van der Waals surface area contributed by atoms with Crippen molar-refractivity contribution in [3.63, 3.8) is 0 Å². The topological polar surface area (TPSA) is 66.4 Å². The molecule has 1 fully saturated rings. The monoisotopic (exact) mass is 393 g/mol. The summed E-state index contributed by atoms with van der Waals surface area (Å²) in [6.45, 7) is 5.93. The second-order valence-corrected chi connectivity index (χ2v) is 7.22. The third kappa shape index (κ3) is 3.99. The normalized spacial score (nSPS) is 14.3. The van der Waals surface area contributed by atoms with Gasteiger partial charge in [-0.25, -0.2) is 14.5 Å². The van der Waals surface area contributed by atoms with E-state index in [1.165, 1.54) is 11.4 Å². The Kier molecular flexibility index (Phi) is 5.55. The fourth-order valence-electron chi connectivity index (χ4n) is 3.82. The summed E-state index contributed by atoms with van der Waals surface area (Å²) in [6.07, 6.45) is 1.72. The van der Waals surface area contributed by atoms with Gasteiger partial charge in [-0.15, -0.1) is 0 Å². The fourth-order valence-corrected chi connectivity index (χ4v) is 3.82. The molecular formula is C22H27N5O2. The van der Waals surface area contributed by atoms with Crippen LogP contribution in [0, 0.1) is 0 Å². The average molecular weight is 393 g/mol. The molecule has 7 nitrogen and oxygen atoms in total. The molecule has 29 heavy (non-hydrogen) atoms. The summed E-state index contributed by atoms with van der Waals surface area (Å²) in [5, 5.41) is 6.70. The molecule has 0 radical (unpaired) electrons. The van der Waals surface area contributed by atoms with E-state index in [-0.39, 0.29) is 5.69 Å². The van der Waals surface area contributed by atoms with Crippen molar-refractivity contribution in [2.75, 3.05) is 43.1 Å². The highest BCUT2D eigenvalue weighted by Crippen LogP contribution is 2.23. The zero-order valence-corrected chi connectivity index (χ0v) is 17.0. The molecule has 0 aliphatic carbocycles. The Balaban J connectivity index is 1.43. The third-order valence-corrected chi connectivity index (χ3v) is 5.41. The number of piperazine rings is 1. The second-order valence-electron chi connectivity index (χ2n) is 7.22. The van der Waals surface area contributed by atoms with Crippen molar-refractivity contribution in [1.82, 2.24) is 14.8 Å². The van der Waals surface area contributed by atoms with Crippen LogP contribution in [-0.4, -0.2) is 48.1 Å². The molecule has 1 N–H and O–H groups in total. The number of H-pyrrole nitrogens is 1. The van der Waals surface area contributed by atoms with Gasteiger partial charge in [0.05, 0.1) is 12.8 Å². The van der Waals surface area contributed by atoms with Crippen LogP contribution in [0.2, 0.25) is 0 Å². The summed E-state index contributed by atoms with van der Waals surface area (Å²) in [5.74, 6) is 1.66. The molecule has 2 aromatic carbocycles. The van der Waals surface area contributed by atoms with Crippen LogP contribution in [0.25, 0.3) is 5.69 Å². The SMILES string of the molecule is CCCc1n[nH]c(=O)n1-c1ccc(N2CCN(c3ccc(OC)cc3)CC2)cc1. The largest absolute Gasteiger partial charge is 0.497 e. The summed E-state index contributed by atoms with van der Waals surface area (Å²) in [6, 6.07) is 16.4. The van der Waals surface area contributed by atoms with E-state index in [9.17, 15) is 4.79 Å². The Morgan fingerprint density at radius 3 is 1.93 bits per heavy atom. The van der Waals surface area contributed by atoms with Gasteiger partial charge in [-0.3, -0.25) is 0 Å². The number of anilines is 2. The van der Waals surface area contributed by atoms with E-state index in [1.54, 1.807) is 11.7 Å². The molecule has 1 aliphatic heterocycles. The van der Waals surface area contributed by atoms with Gasteiger partial charge in [-0.2, -0.15) is 5.10 Å². The number of nitrogens with one attached hydrogen (secondary N) is 1. The van der Waals surface area contributed by atoms with Crippen LogP contribution < -0.4 is 20.2 Å². The molecule has 2 heterocycles. The minimum absolute atomic E-state index is 0.186. The molecule has 152 valence electrons. The Hall–Kier alpha value is -3.22. The lowest BCUT2D eigenvalue weighted by atomic mass is 10.2. The molecule has 0 unspecified atom stereocenters. The minimum Gasteiger partial charge on any atom is -0.497 e. The van der Waals surface area contributed by atoms with Crippen LogP contribution in [-0.2, 0) is 6.42 Å². The van der Waals surface area contributed by atoms with Crippen molar-refractivity contribution < 1.29 is 4.74 Å². The molecule has 0 saturated carbocycles. The first-order valence-electron chi connectivity index (χ1n) is 10.1. The number of aryl methyl sites for hydroxylation is 1. The fraction of sp³-hybridized carbons (Fsp3) is 0.364. The number of aromatic amines is 1. The number of methoxy groups -OCH3 is 1. The number of rotatable bonds is 6. The number of hydrogen-bond donors (Lipinski definition) is 1. The lowest BCUT2D eigenvalue weighted by molar-refractivity contribution is 0.415. The quantitative estimate of drug-likeness (QED) is 0.698. The van der Waals surface area contributed by atoms with E-state index in [0.29, 0.717) is 0 Å². The molecular weight excluding hydrogens is 366 g/mol. The highest BCUT2D eigenvalue weighted by Gasteiger charge is 2.18. The van der Waals surface area contributed by atoms with Gasteiger partial charge in [-0.05, 0) is 55.0 Å². The van der Waals surface area contributed by atoms with E-state index in [1.807, 2.05) is 24.3 Å². The Labute approximate surface area is 170 Å². The van der Waals surface area contributed by atoms with Crippen LogP contribution in [0.5, 0.6) is 5.75 Å². The molecule has 3 aromatic rings. The van der Waals surface area contributed by atoms with Crippen LogP contribution >= 0.6 is 0 Å². The third-order valence-electron chi connectivity index (χ3n) is 5.41. The summed E-state index contributed by atoms with van der Waals surface area (Å²) in [5.41, 5.74) is 3.07. The molecule has 0 spiro atoms. The Morgan fingerprint density at radius 2 is 1.41 bits per heavy atom. The summed E-state index contributed by atoms with van der Waals surface area (Å²) < 4.78 is 6.90. The van der Waals surface area contributed by atoms with E-state index in [4.69, 9.17) is 4.74 Å². The van der Waals surface area contributed by atoms with E-state index >= 15 is 0 Å². The van der Waals surface area contributed by atoms with Crippen molar-refractivity contribution >= 4 is 11.4 Å². The zero-order chi connectivity index (χ0) is 20.2. The van der Waals surface area contributed by atoms with Crippen molar-refractivity contribution in [3.8, 4) is 11.4 Å². The van der Waals surface area contributed by atoms with Crippen molar-refractivity contribution in [2.24, 2.45) is 0 Å². The van der Waals surface area contributed by atoms with Gasteiger partial charge in [-0.1, -0.05) is 6.92 Å². The number of aromatic nitrogens is 3. The molecule has 0 atom stereocenters. The molecule has 1 aliphatic rings. The Morgan fingerprint density at radius 1 is 0.897 bits per heavy atom. The number of nitrogens with zero attached hydrogens (tertiary/aromatic N) is 4. The van der Waals surface area contributed by atoms with Gasteiger partial charge in [0.15, 0.2) is 0 Å². The molecule has 1 aromatic heterocycles. The van der Waals surface area contributed by atoms with Crippen molar-refractivity contribution in [3.05, 3.63) is 64.8 Å². The highest BCUT2D eigenvalue weighted by atomic mass is 16.5. The Bertz CT molecular complexity index is 983. The molecule has 4 rings (SSSR count).